The predicted molar refractivity (Wildman–Crippen MR) is 58.6 cm³/mol. The number of halogens is 2. The minimum atomic E-state index is -0.639. The van der Waals surface area contributed by atoms with Gasteiger partial charge in [-0.3, -0.25) is 4.90 Å². The molecule has 1 aromatic rings. The van der Waals surface area contributed by atoms with Crippen LogP contribution in [0.3, 0.4) is 0 Å². The van der Waals surface area contributed by atoms with Crippen molar-refractivity contribution in [2.75, 3.05) is 32.9 Å². The molecule has 0 aromatic heterocycles. The zero-order valence-electron chi connectivity index (χ0n) is 9.40. The molecule has 3 nitrogen and oxygen atoms in total. The van der Waals surface area contributed by atoms with E-state index in [9.17, 15) is 13.9 Å². The molecule has 1 aromatic carbocycles. The summed E-state index contributed by atoms with van der Waals surface area (Å²) in [4.78, 5) is 1.84. The SMILES string of the molecule is OC[C@H](c1c(F)cccc1F)N1CCOCC1. The Hall–Kier alpha value is -1.04. The molecular weight excluding hydrogens is 228 g/mol. The average Bonchev–Trinajstić information content (AvgIpc) is 2.35. The molecule has 5 heteroatoms. The summed E-state index contributed by atoms with van der Waals surface area (Å²) in [5.74, 6) is -1.23. The van der Waals surface area contributed by atoms with Crippen molar-refractivity contribution >= 4 is 0 Å². The quantitative estimate of drug-likeness (QED) is 0.869. The van der Waals surface area contributed by atoms with Gasteiger partial charge in [-0.25, -0.2) is 8.78 Å². The first kappa shape index (κ1) is 12.4. The maximum atomic E-state index is 13.6. The van der Waals surface area contributed by atoms with Crippen molar-refractivity contribution < 1.29 is 18.6 Å². The van der Waals surface area contributed by atoms with Gasteiger partial charge in [0.15, 0.2) is 0 Å². The molecule has 1 aliphatic heterocycles. The zero-order valence-corrected chi connectivity index (χ0v) is 9.40. The van der Waals surface area contributed by atoms with E-state index in [1.54, 1.807) is 0 Å². The molecule has 17 heavy (non-hydrogen) atoms. The molecule has 2 rings (SSSR count). The summed E-state index contributed by atoms with van der Waals surface area (Å²) in [7, 11) is 0. The number of hydrogen-bond acceptors (Lipinski definition) is 3. The summed E-state index contributed by atoms with van der Waals surface area (Å²) in [5.41, 5.74) is -0.0584. The molecule has 0 saturated carbocycles. The smallest absolute Gasteiger partial charge is 0.131 e. The molecule has 1 atom stereocenters. The number of ether oxygens (including phenoxy) is 1. The zero-order chi connectivity index (χ0) is 12.3. The second-order valence-corrected chi connectivity index (χ2v) is 3.98. The molecule has 0 spiro atoms. The van der Waals surface area contributed by atoms with Crippen LogP contribution in [0.25, 0.3) is 0 Å². The van der Waals surface area contributed by atoms with E-state index in [0.29, 0.717) is 26.3 Å². The fourth-order valence-electron chi connectivity index (χ4n) is 2.11. The van der Waals surface area contributed by atoms with Crippen LogP contribution in [0, 0.1) is 11.6 Å². The number of benzene rings is 1. The van der Waals surface area contributed by atoms with Crippen molar-refractivity contribution in [3.8, 4) is 0 Å². The molecule has 0 amide bonds. The third-order valence-electron chi connectivity index (χ3n) is 2.99. The van der Waals surface area contributed by atoms with Crippen LogP contribution in [0.15, 0.2) is 18.2 Å². The van der Waals surface area contributed by atoms with E-state index in [4.69, 9.17) is 4.74 Å². The summed E-state index contributed by atoms with van der Waals surface area (Å²) < 4.78 is 32.4. The maximum absolute atomic E-state index is 13.6. The summed E-state index contributed by atoms with van der Waals surface area (Å²) in [6.07, 6.45) is 0. The molecule has 94 valence electrons. The Morgan fingerprint density at radius 2 is 1.82 bits per heavy atom. The Kier molecular flexibility index (Phi) is 4.04. The first-order chi connectivity index (χ1) is 8.24. The first-order valence-corrected chi connectivity index (χ1v) is 5.60. The Bertz CT molecular complexity index is 361. The Morgan fingerprint density at radius 1 is 1.24 bits per heavy atom. The van der Waals surface area contributed by atoms with Crippen LogP contribution < -0.4 is 0 Å². The van der Waals surface area contributed by atoms with Crippen LogP contribution in [0.2, 0.25) is 0 Å². The Morgan fingerprint density at radius 3 is 2.35 bits per heavy atom. The highest BCUT2D eigenvalue weighted by Crippen LogP contribution is 2.26. The topological polar surface area (TPSA) is 32.7 Å². The summed E-state index contributed by atoms with van der Waals surface area (Å²) in [5, 5.41) is 9.36. The van der Waals surface area contributed by atoms with Gasteiger partial charge in [-0.15, -0.1) is 0 Å². The number of aliphatic hydroxyl groups excluding tert-OH is 1. The summed E-state index contributed by atoms with van der Waals surface area (Å²) >= 11 is 0. The lowest BCUT2D eigenvalue weighted by Gasteiger charge is -2.33. The Balaban J connectivity index is 2.27. The largest absolute Gasteiger partial charge is 0.394 e. The number of hydrogen-bond donors (Lipinski definition) is 1. The van der Waals surface area contributed by atoms with Crippen molar-refractivity contribution in [1.82, 2.24) is 4.90 Å². The number of aliphatic hydroxyl groups is 1. The third-order valence-corrected chi connectivity index (χ3v) is 2.99. The van der Waals surface area contributed by atoms with Crippen LogP contribution in [-0.2, 0) is 4.74 Å². The molecule has 1 fully saturated rings. The second-order valence-electron chi connectivity index (χ2n) is 3.98. The molecule has 0 unspecified atom stereocenters. The van der Waals surface area contributed by atoms with E-state index in [1.807, 2.05) is 4.90 Å². The molecule has 0 radical (unpaired) electrons. The van der Waals surface area contributed by atoms with E-state index < -0.39 is 17.7 Å². The van der Waals surface area contributed by atoms with Crippen LogP contribution >= 0.6 is 0 Å². The molecule has 0 bridgehead atoms. The van der Waals surface area contributed by atoms with Gasteiger partial charge in [-0.05, 0) is 12.1 Å². The predicted octanol–water partition coefficient (Wildman–Crippen LogP) is 1.33. The lowest BCUT2D eigenvalue weighted by Crippen LogP contribution is -2.41. The lowest BCUT2D eigenvalue weighted by atomic mass is 10.0. The number of rotatable bonds is 3. The molecule has 1 saturated heterocycles. The fourth-order valence-corrected chi connectivity index (χ4v) is 2.11. The van der Waals surface area contributed by atoms with Crippen molar-refractivity contribution in [3.05, 3.63) is 35.4 Å². The molecule has 1 heterocycles. The molecular formula is C12H15F2NO2. The molecule has 1 N–H and O–H groups in total. The second kappa shape index (κ2) is 5.53. The summed E-state index contributed by atoms with van der Waals surface area (Å²) in [6, 6.07) is 3.10. The third kappa shape index (κ3) is 2.62. The van der Waals surface area contributed by atoms with E-state index in [0.717, 1.165) is 0 Å². The van der Waals surface area contributed by atoms with Gasteiger partial charge in [0, 0.05) is 18.7 Å². The van der Waals surface area contributed by atoms with Crippen molar-refractivity contribution in [2.45, 2.75) is 6.04 Å². The monoisotopic (exact) mass is 243 g/mol. The normalized spacial score (nSPS) is 19.2. The highest BCUT2D eigenvalue weighted by Gasteiger charge is 2.26. The summed E-state index contributed by atoms with van der Waals surface area (Å²) in [6.45, 7) is 1.87. The van der Waals surface area contributed by atoms with Gasteiger partial charge >= 0.3 is 0 Å². The Labute approximate surface area is 98.6 Å². The van der Waals surface area contributed by atoms with Gasteiger partial charge in [-0.1, -0.05) is 6.07 Å². The van der Waals surface area contributed by atoms with Gasteiger partial charge < -0.3 is 9.84 Å². The van der Waals surface area contributed by atoms with Gasteiger partial charge in [-0.2, -0.15) is 0 Å². The first-order valence-electron chi connectivity index (χ1n) is 5.60. The number of nitrogens with zero attached hydrogens (tertiary/aromatic N) is 1. The van der Waals surface area contributed by atoms with Crippen molar-refractivity contribution in [1.29, 1.82) is 0 Å². The van der Waals surface area contributed by atoms with Crippen LogP contribution in [0.5, 0.6) is 0 Å². The van der Waals surface area contributed by atoms with Crippen LogP contribution in [-0.4, -0.2) is 42.9 Å². The maximum Gasteiger partial charge on any atom is 0.131 e. The van der Waals surface area contributed by atoms with E-state index in [-0.39, 0.29) is 12.2 Å². The molecule has 0 aliphatic carbocycles. The lowest BCUT2D eigenvalue weighted by molar-refractivity contribution is 0.000804. The van der Waals surface area contributed by atoms with Crippen molar-refractivity contribution in [2.24, 2.45) is 0 Å². The van der Waals surface area contributed by atoms with E-state index in [1.165, 1.54) is 18.2 Å². The highest BCUT2D eigenvalue weighted by molar-refractivity contribution is 5.23. The van der Waals surface area contributed by atoms with Crippen LogP contribution in [0.1, 0.15) is 11.6 Å². The van der Waals surface area contributed by atoms with Gasteiger partial charge in [0.1, 0.15) is 11.6 Å². The van der Waals surface area contributed by atoms with E-state index >= 15 is 0 Å². The highest BCUT2D eigenvalue weighted by atomic mass is 19.1. The van der Waals surface area contributed by atoms with Crippen LogP contribution in [0.4, 0.5) is 8.78 Å². The fraction of sp³-hybridized carbons (Fsp3) is 0.500. The van der Waals surface area contributed by atoms with Gasteiger partial charge in [0.2, 0.25) is 0 Å². The average molecular weight is 243 g/mol. The number of morpholine rings is 1. The van der Waals surface area contributed by atoms with E-state index in [2.05, 4.69) is 0 Å². The van der Waals surface area contributed by atoms with Gasteiger partial charge in [0.25, 0.3) is 0 Å². The minimum Gasteiger partial charge on any atom is -0.394 e. The standard InChI is InChI=1S/C12H15F2NO2/c13-9-2-1-3-10(14)12(9)11(8-16)15-4-6-17-7-5-15/h1-3,11,16H,4-8H2/t11-/m1/s1. The van der Waals surface area contributed by atoms with Crippen molar-refractivity contribution in [3.63, 3.8) is 0 Å². The molecule has 1 aliphatic rings. The minimum absolute atomic E-state index is 0.0584. The van der Waals surface area contributed by atoms with Gasteiger partial charge in [0.05, 0.1) is 25.9 Å².